The highest BCUT2D eigenvalue weighted by atomic mass is 16.5. The number of carbonyl (C=O) groups is 1. The molecule has 0 atom stereocenters. The predicted octanol–water partition coefficient (Wildman–Crippen LogP) is 1.49. The van der Waals surface area contributed by atoms with Crippen molar-refractivity contribution >= 4 is 11.7 Å². The van der Waals surface area contributed by atoms with Crippen LogP contribution in [0.3, 0.4) is 0 Å². The Bertz CT molecular complexity index is 435. The van der Waals surface area contributed by atoms with E-state index in [1.54, 1.807) is 0 Å². The number of carbonyl (C=O) groups excluding carboxylic acids is 1. The average Bonchev–Trinajstić information content (AvgIpc) is 2.37. The number of benzene rings is 1. The second-order valence-corrected chi connectivity index (χ2v) is 4.06. The summed E-state index contributed by atoms with van der Waals surface area (Å²) in [5.74, 6) is 0. The lowest BCUT2D eigenvalue weighted by atomic mass is 9.93. The Kier molecular flexibility index (Phi) is 2.00. The zero-order valence-corrected chi connectivity index (χ0v) is 8.65. The molecule has 2 rings (SSSR count). The molecule has 15 heavy (non-hydrogen) atoms. The van der Waals surface area contributed by atoms with Gasteiger partial charge in [0.15, 0.2) is 11.3 Å². The Labute approximate surface area is 87.8 Å². The van der Waals surface area contributed by atoms with Crippen LogP contribution < -0.4 is 5.32 Å². The normalized spacial score (nSPS) is 19.2. The molecule has 0 radical (unpaired) electrons. The number of hydroxylamine groups is 1. The van der Waals surface area contributed by atoms with Gasteiger partial charge in [0.25, 0.3) is 0 Å². The van der Waals surface area contributed by atoms with Crippen LogP contribution in [0.2, 0.25) is 0 Å². The van der Waals surface area contributed by atoms with Gasteiger partial charge in [-0.05, 0) is 13.8 Å². The maximum Gasteiger partial charge on any atom is 0.495 e. The van der Waals surface area contributed by atoms with Gasteiger partial charge >= 0.3 is 6.03 Å². The minimum atomic E-state index is -0.611. The lowest BCUT2D eigenvalue weighted by Crippen LogP contribution is -2.42. The van der Waals surface area contributed by atoms with Gasteiger partial charge in [-0.1, -0.05) is 30.3 Å². The highest BCUT2D eigenvalue weighted by molar-refractivity contribution is 6.09. The molecule has 1 aromatic carbocycles. The predicted molar refractivity (Wildman–Crippen MR) is 56.8 cm³/mol. The highest BCUT2D eigenvalue weighted by Gasteiger charge is 2.43. The molecule has 0 saturated heterocycles. The molecule has 0 unspecified atom stereocenters. The van der Waals surface area contributed by atoms with E-state index in [1.807, 2.05) is 44.2 Å². The minimum absolute atomic E-state index is 0.426. The fraction of sp³-hybridized carbons (Fsp3) is 0.273. The van der Waals surface area contributed by atoms with Crippen LogP contribution in [0.15, 0.2) is 30.3 Å². The van der Waals surface area contributed by atoms with E-state index >= 15 is 0 Å². The number of hydrogen-bond donors (Lipinski definition) is 1. The number of nitrogens with zero attached hydrogens (tertiary/aromatic N) is 1. The van der Waals surface area contributed by atoms with Crippen LogP contribution in [0, 0.1) is 5.21 Å². The van der Waals surface area contributed by atoms with Crippen LogP contribution in [-0.2, 0) is 0 Å². The van der Waals surface area contributed by atoms with E-state index in [1.165, 1.54) is 0 Å². The van der Waals surface area contributed by atoms with E-state index in [9.17, 15) is 10.0 Å². The third-order valence-corrected chi connectivity index (χ3v) is 2.45. The van der Waals surface area contributed by atoms with Gasteiger partial charge < -0.3 is 5.21 Å². The molecule has 0 saturated carbocycles. The maximum absolute atomic E-state index is 11.6. The van der Waals surface area contributed by atoms with Crippen LogP contribution in [0.5, 0.6) is 0 Å². The summed E-state index contributed by atoms with van der Waals surface area (Å²) in [6, 6.07) is 8.60. The van der Waals surface area contributed by atoms with Crippen molar-refractivity contribution in [1.29, 1.82) is 0 Å². The number of urea groups is 1. The van der Waals surface area contributed by atoms with Crippen LogP contribution >= 0.6 is 0 Å². The van der Waals surface area contributed by atoms with Gasteiger partial charge in [0.2, 0.25) is 0 Å². The van der Waals surface area contributed by atoms with E-state index in [4.69, 9.17) is 0 Å². The fourth-order valence-electron chi connectivity index (χ4n) is 1.81. The SMILES string of the molecule is CC1(C)NC(=O)[N+]([O-])=C1c1ccccc1. The Morgan fingerprint density at radius 1 is 1.27 bits per heavy atom. The number of amides is 2. The monoisotopic (exact) mass is 204 g/mol. The molecule has 2 amide bonds. The summed E-state index contributed by atoms with van der Waals surface area (Å²) in [5, 5.41) is 14.2. The molecule has 1 aliphatic heterocycles. The Morgan fingerprint density at radius 3 is 2.33 bits per heavy atom. The third-order valence-electron chi connectivity index (χ3n) is 2.45. The Balaban J connectivity index is 2.57. The molecular weight excluding hydrogens is 192 g/mol. The zero-order chi connectivity index (χ0) is 11.1. The average molecular weight is 204 g/mol. The van der Waals surface area contributed by atoms with Gasteiger partial charge in [-0.15, -0.1) is 0 Å². The van der Waals surface area contributed by atoms with Crippen LogP contribution in [0.25, 0.3) is 0 Å². The first kappa shape index (κ1) is 9.71. The van der Waals surface area contributed by atoms with E-state index in [2.05, 4.69) is 5.32 Å². The highest BCUT2D eigenvalue weighted by Crippen LogP contribution is 2.18. The molecule has 1 aromatic rings. The molecule has 0 spiro atoms. The van der Waals surface area contributed by atoms with Crippen molar-refractivity contribution in [2.75, 3.05) is 0 Å². The van der Waals surface area contributed by atoms with Gasteiger partial charge in [-0.3, -0.25) is 0 Å². The molecule has 4 nitrogen and oxygen atoms in total. The lowest BCUT2D eigenvalue weighted by molar-refractivity contribution is -0.343. The molecular formula is C11H12N2O2. The molecule has 0 fully saturated rings. The lowest BCUT2D eigenvalue weighted by Gasteiger charge is -2.15. The number of rotatable bonds is 1. The molecule has 1 aliphatic rings. The van der Waals surface area contributed by atoms with Crippen LogP contribution in [0.1, 0.15) is 19.4 Å². The standard InChI is InChI=1S/C11H12N2O2/c1-11(2)9(13(15)10(14)12-11)8-6-4-3-5-7-8/h3-7H,1-2H3,(H,12,14). The van der Waals surface area contributed by atoms with Crippen molar-refractivity contribution in [3.63, 3.8) is 0 Å². The molecule has 0 aliphatic carbocycles. The van der Waals surface area contributed by atoms with Crippen LogP contribution in [-0.4, -0.2) is 22.0 Å². The van der Waals surface area contributed by atoms with E-state index < -0.39 is 11.6 Å². The number of hydrogen-bond acceptors (Lipinski definition) is 2. The molecule has 1 heterocycles. The van der Waals surface area contributed by atoms with Crippen molar-refractivity contribution in [2.24, 2.45) is 0 Å². The maximum atomic E-state index is 11.6. The summed E-state index contributed by atoms with van der Waals surface area (Å²) in [6.07, 6.45) is 0. The summed E-state index contributed by atoms with van der Waals surface area (Å²) >= 11 is 0. The summed E-state index contributed by atoms with van der Waals surface area (Å²) < 4.78 is 0.426. The topological polar surface area (TPSA) is 55.2 Å². The Hall–Kier alpha value is -1.84. The molecule has 4 heteroatoms. The summed E-state index contributed by atoms with van der Waals surface area (Å²) in [5.41, 5.74) is 0.629. The molecule has 78 valence electrons. The van der Waals surface area contributed by atoms with Gasteiger partial charge in [-0.25, -0.2) is 5.32 Å². The first-order valence-electron chi connectivity index (χ1n) is 4.74. The molecule has 1 N–H and O–H groups in total. The van der Waals surface area contributed by atoms with Gasteiger partial charge in [0.1, 0.15) is 0 Å². The first-order chi connectivity index (χ1) is 7.02. The van der Waals surface area contributed by atoms with E-state index in [0.717, 1.165) is 5.56 Å². The van der Waals surface area contributed by atoms with E-state index in [0.29, 0.717) is 10.5 Å². The molecule has 0 aromatic heterocycles. The first-order valence-corrected chi connectivity index (χ1v) is 4.74. The van der Waals surface area contributed by atoms with Gasteiger partial charge in [-0.2, -0.15) is 9.53 Å². The van der Waals surface area contributed by atoms with Crippen molar-refractivity contribution in [2.45, 2.75) is 19.4 Å². The molecule has 0 bridgehead atoms. The van der Waals surface area contributed by atoms with Crippen molar-refractivity contribution in [3.05, 3.63) is 41.1 Å². The smallest absolute Gasteiger partial charge is 0.495 e. The quantitative estimate of drug-likeness (QED) is 0.556. The third kappa shape index (κ3) is 1.48. The largest absolute Gasteiger partial charge is 0.708 e. The van der Waals surface area contributed by atoms with Crippen molar-refractivity contribution in [3.8, 4) is 0 Å². The fourth-order valence-corrected chi connectivity index (χ4v) is 1.81. The van der Waals surface area contributed by atoms with Crippen LogP contribution in [0.4, 0.5) is 4.79 Å². The van der Waals surface area contributed by atoms with Crippen molar-refractivity contribution < 1.29 is 9.53 Å². The van der Waals surface area contributed by atoms with Crippen molar-refractivity contribution in [1.82, 2.24) is 5.32 Å². The minimum Gasteiger partial charge on any atom is -0.708 e. The Morgan fingerprint density at radius 2 is 1.87 bits per heavy atom. The second-order valence-electron chi connectivity index (χ2n) is 4.06. The van der Waals surface area contributed by atoms with Gasteiger partial charge in [0, 0.05) is 5.56 Å². The zero-order valence-electron chi connectivity index (χ0n) is 8.65. The van der Waals surface area contributed by atoms with Gasteiger partial charge in [0.05, 0.1) is 0 Å². The summed E-state index contributed by atoms with van der Waals surface area (Å²) in [4.78, 5) is 11.3. The second kappa shape index (κ2) is 3.08. The number of nitrogens with one attached hydrogen (secondary N) is 1. The summed E-state index contributed by atoms with van der Waals surface area (Å²) in [7, 11) is 0. The summed E-state index contributed by atoms with van der Waals surface area (Å²) in [6.45, 7) is 3.62. The van der Waals surface area contributed by atoms with E-state index in [-0.39, 0.29) is 0 Å².